The molecule has 2 aliphatic rings. The van der Waals surface area contributed by atoms with E-state index in [1.54, 1.807) is 0 Å². The Labute approximate surface area is 152 Å². The molecule has 0 bridgehead atoms. The summed E-state index contributed by atoms with van der Waals surface area (Å²) < 4.78 is 6.49. The van der Waals surface area contributed by atoms with Crippen LogP contribution in [0.2, 0.25) is 0 Å². The third-order valence-electron chi connectivity index (χ3n) is 4.65. The normalized spacial score (nSPS) is 21.2. The Hall–Kier alpha value is -1.07. The molecule has 132 valence electrons. The second-order valence-electron chi connectivity index (χ2n) is 7.93. The third-order valence-corrected chi connectivity index (χ3v) is 5.15. The van der Waals surface area contributed by atoms with Gasteiger partial charge in [0, 0.05) is 23.1 Å². The van der Waals surface area contributed by atoms with Crippen LogP contribution >= 0.6 is 15.9 Å². The van der Waals surface area contributed by atoms with Gasteiger partial charge in [0.15, 0.2) is 0 Å². The van der Waals surface area contributed by atoms with E-state index in [4.69, 9.17) is 4.74 Å². The molecule has 0 aliphatic heterocycles. The van der Waals surface area contributed by atoms with E-state index in [-0.39, 0.29) is 6.09 Å². The van der Waals surface area contributed by atoms with Crippen LogP contribution in [0, 0.1) is 5.92 Å². The van der Waals surface area contributed by atoms with E-state index in [2.05, 4.69) is 44.8 Å². The molecule has 2 atom stereocenters. The number of hydrogen-bond acceptors (Lipinski definition) is 3. The zero-order chi connectivity index (χ0) is 17.3. The fraction of sp³-hybridized carbons (Fsp3) is 0.632. The van der Waals surface area contributed by atoms with Crippen LogP contribution in [0.3, 0.4) is 0 Å². The summed E-state index contributed by atoms with van der Waals surface area (Å²) >= 11 is 3.55. The summed E-state index contributed by atoms with van der Waals surface area (Å²) in [6.07, 6.45) is 4.40. The van der Waals surface area contributed by atoms with Gasteiger partial charge in [-0.15, -0.1) is 0 Å². The van der Waals surface area contributed by atoms with Crippen molar-refractivity contribution in [2.75, 3.05) is 6.54 Å². The molecule has 5 heteroatoms. The van der Waals surface area contributed by atoms with Gasteiger partial charge in [0.2, 0.25) is 0 Å². The van der Waals surface area contributed by atoms with Gasteiger partial charge in [-0.3, -0.25) is 0 Å². The molecule has 1 saturated carbocycles. The summed E-state index contributed by atoms with van der Waals surface area (Å²) in [6.45, 7) is 6.28. The lowest BCUT2D eigenvalue weighted by molar-refractivity contribution is 0.0520. The molecule has 1 fully saturated rings. The number of benzene rings is 1. The van der Waals surface area contributed by atoms with Crippen molar-refractivity contribution in [1.29, 1.82) is 0 Å². The minimum atomic E-state index is -0.454. The predicted octanol–water partition coefficient (Wildman–Crippen LogP) is 4.33. The summed E-state index contributed by atoms with van der Waals surface area (Å²) in [5.74, 6) is 0.666. The number of alkyl carbamates (subject to hydrolysis) is 1. The minimum Gasteiger partial charge on any atom is -0.444 e. The van der Waals surface area contributed by atoms with Crippen LogP contribution in [-0.2, 0) is 11.2 Å². The van der Waals surface area contributed by atoms with E-state index in [1.807, 2.05) is 20.8 Å². The quantitative estimate of drug-likeness (QED) is 0.780. The summed E-state index contributed by atoms with van der Waals surface area (Å²) in [6, 6.07) is 7.26. The van der Waals surface area contributed by atoms with Crippen LogP contribution in [0.15, 0.2) is 22.7 Å². The topological polar surface area (TPSA) is 50.4 Å². The zero-order valence-electron chi connectivity index (χ0n) is 14.7. The Balaban J connectivity index is 1.57. The summed E-state index contributed by atoms with van der Waals surface area (Å²) in [7, 11) is 0. The maximum atomic E-state index is 11.9. The highest BCUT2D eigenvalue weighted by Crippen LogP contribution is 2.37. The summed E-state index contributed by atoms with van der Waals surface area (Å²) in [5, 5.41) is 6.72. The van der Waals surface area contributed by atoms with Gasteiger partial charge < -0.3 is 15.4 Å². The van der Waals surface area contributed by atoms with Crippen LogP contribution in [0.5, 0.6) is 0 Å². The molecule has 24 heavy (non-hydrogen) atoms. The van der Waals surface area contributed by atoms with Crippen molar-refractivity contribution in [2.45, 2.75) is 64.1 Å². The van der Waals surface area contributed by atoms with E-state index in [1.165, 1.54) is 24.0 Å². The van der Waals surface area contributed by atoms with E-state index in [9.17, 15) is 4.79 Å². The van der Waals surface area contributed by atoms with Gasteiger partial charge in [-0.05, 0) is 75.6 Å². The summed E-state index contributed by atoms with van der Waals surface area (Å²) in [5.41, 5.74) is 2.38. The first-order chi connectivity index (χ1) is 11.3. The molecule has 4 nitrogen and oxygen atoms in total. The maximum Gasteiger partial charge on any atom is 0.407 e. The van der Waals surface area contributed by atoms with E-state index < -0.39 is 5.60 Å². The molecule has 1 aromatic rings. The molecule has 2 unspecified atom stereocenters. The molecule has 2 aliphatic carbocycles. The number of fused-ring (bicyclic) bond motifs is 1. The average Bonchev–Trinajstić information content (AvgIpc) is 3.24. The Morgan fingerprint density at radius 3 is 2.75 bits per heavy atom. The number of carbonyl (C=O) groups excluding carboxylic acids is 1. The van der Waals surface area contributed by atoms with Crippen molar-refractivity contribution in [2.24, 2.45) is 5.92 Å². The second-order valence-corrected chi connectivity index (χ2v) is 8.84. The van der Waals surface area contributed by atoms with E-state index >= 15 is 0 Å². The molecule has 0 radical (unpaired) electrons. The van der Waals surface area contributed by atoms with Crippen LogP contribution < -0.4 is 10.6 Å². The second kappa shape index (κ2) is 7.04. The smallest absolute Gasteiger partial charge is 0.407 e. The van der Waals surface area contributed by atoms with Gasteiger partial charge in [0.1, 0.15) is 5.60 Å². The number of rotatable bonds is 5. The molecular formula is C19H27BrN2O2. The van der Waals surface area contributed by atoms with Crippen molar-refractivity contribution in [3.8, 4) is 0 Å². The van der Waals surface area contributed by atoms with Crippen molar-refractivity contribution in [1.82, 2.24) is 10.6 Å². The monoisotopic (exact) mass is 394 g/mol. The van der Waals surface area contributed by atoms with E-state index in [0.29, 0.717) is 24.5 Å². The lowest BCUT2D eigenvalue weighted by atomic mass is 10.1. The average molecular weight is 395 g/mol. The zero-order valence-corrected chi connectivity index (χ0v) is 16.3. The first kappa shape index (κ1) is 17.7. The molecule has 1 amide bonds. The fourth-order valence-electron chi connectivity index (χ4n) is 3.39. The first-order valence-electron chi connectivity index (χ1n) is 8.83. The van der Waals surface area contributed by atoms with Crippen LogP contribution in [-0.4, -0.2) is 24.3 Å². The minimum absolute atomic E-state index is 0.317. The van der Waals surface area contributed by atoms with Gasteiger partial charge in [-0.1, -0.05) is 22.0 Å². The Morgan fingerprint density at radius 2 is 2.08 bits per heavy atom. The van der Waals surface area contributed by atoms with Crippen LogP contribution in [0.25, 0.3) is 0 Å². The molecule has 0 saturated heterocycles. The number of nitrogens with one attached hydrogen (secondary N) is 2. The number of hydrogen-bond donors (Lipinski definition) is 2. The highest BCUT2D eigenvalue weighted by molar-refractivity contribution is 9.10. The number of halogens is 1. The van der Waals surface area contributed by atoms with Crippen molar-refractivity contribution >= 4 is 22.0 Å². The third kappa shape index (κ3) is 4.73. The summed E-state index contributed by atoms with van der Waals surface area (Å²) in [4.78, 5) is 11.9. The molecule has 2 N–H and O–H groups in total. The van der Waals surface area contributed by atoms with Crippen LogP contribution in [0.4, 0.5) is 4.79 Å². The Kier molecular flexibility index (Phi) is 5.21. The molecular weight excluding hydrogens is 368 g/mol. The number of ether oxygens (including phenoxy) is 1. The molecule has 1 aromatic carbocycles. The highest BCUT2D eigenvalue weighted by atomic mass is 79.9. The lowest BCUT2D eigenvalue weighted by Crippen LogP contribution is -2.44. The van der Waals surface area contributed by atoms with E-state index in [0.717, 1.165) is 17.3 Å². The number of aryl methyl sites for hydroxylation is 1. The first-order valence-corrected chi connectivity index (χ1v) is 9.62. The number of amides is 1. The van der Waals surface area contributed by atoms with Crippen LogP contribution in [0.1, 0.15) is 57.2 Å². The maximum absolute atomic E-state index is 11.9. The largest absolute Gasteiger partial charge is 0.444 e. The van der Waals surface area contributed by atoms with Gasteiger partial charge in [-0.2, -0.15) is 0 Å². The fourth-order valence-corrected chi connectivity index (χ4v) is 3.79. The van der Waals surface area contributed by atoms with Gasteiger partial charge >= 0.3 is 6.09 Å². The van der Waals surface area contributed by atoms with Gasteiger partial charge in [0.05, 0.1) is 0 Å². The Morgan fingerprint density at radius 1 is 1.33 bits per heavy atom. The molecule has 0 spiro atoms. The standard InChI is InChI=1S/C19H27BrN2O2/c1-19(2,3)24-18(23)21-11-17(12-4-5-12)22-16-9-6-13-10-14(20)7-8-15(13)16/h7-8,10,12,16-17,22H,4-6,9,11H2,1-3H3,(H,21,23). The van der Waals surface area contributed by atoms with Crippen molar-refractivity contribution < 1.29 is 9.53 Å². The molecule has 3 rings (SSSR count). The lowest BCUT2D eigenvalue weighted by Gasteiger charge is -2.25. The van der Waals surface area contributed by atoms with Crippen molar-refractivity contribution in [3.63, 3.8) is 0 Å². The van der Waals surface area contributed by atoms with Gasteiger partial charge in [-0.25, -0.2) is 4.79 Å². The number of carbonyl (C=O) groups is 1. The highest BCUT2D eigenvalue weighted by Gasteiger charge is 2.34. The van der Waals surface area contributed by atoms with Crippen molar-refractivity contribution in [3.05, 3.63) is 33.8 Å². The predicted molar refractivity (Wildman–Crippen MR) is 99.1 cm³/mol. The van der Waals surface area contributed by atoms with Gasteiger partial charge in [0.25, 0.3) is 0 Å². The molecule has 0 heterocycles. The molecule has 0 aromatic heterocycles. The Bertz CT molecular complexity index is 608. The SMILES string of the molecule is CC(C)(C)OC(=O)NCC(NC1CCc2cc(Br)ccc21)C1CC1.